The van der Waals surface area contributed by atoms with Gasteiger partial charge in [-0.2, -0.15) is 0 Å². The van der Waals surface area contributed by atoms with Gasteiger partial charge >= 0.3 is 6.09 Å². The maximum absolute atomic E-state index is 12.1. The zero-order valence-corrected chi connectivity index (χ0v) is 33.0. The normalized spacial score (nSPS) is 19.1. The number of rotatable bonds is 8. The average molecular weight is 783 g/mol. The molecule has 300 valence electrons. The fourth-order valence-electron chi connectivity index (χ4n) is 7.93. The quantitative estimate of drug-likeness (QED) is 0.128. The lowest BCUT2D eigenvalue weighted by Gasteiger charge is -2.21. The number of nitrogens with zero attached hydrogens (tertiary/aromatic N) is 6. The van der Waals surface area contributed by atoms with Crippen molar-refractivity contribution in [2.24, 2.45) is 17.6 Å². The Bertz CT molecular complexity index is 2420. The molecule has 0 saturated carbocycles. The summed E-state index contributed by atoms with van der Waals surface area (Å²) in [6.45, 7) is 9.93. The van der Waals surface area contributed by atoms with E-state index in [0.717, 1.165) is 90.0 Å². The Morgan fingerprint density at radius 2 is 1.29 bits per heavy atom. The van der Waals surface area contributed by atoms with Gasteiger partial charge < -0.3 is 40.5 Å². The number of fused-ring (bicyclic) bond motifs is 2. The van der Waals surface area contributed by atoms with Gasteiger partial charge in [-0.1, -0.05) is 36.4 Å². The summed E-state index contributed by atoms with van der Waals surface area (Å²) in [5.41, 5.74) is 11.1. The van der Waals surface area contributed by atoms with Crippen LogP contribution in [-0.2, 0) is 9.47 Å². The van der Waals surface area contributed by atoms with Gasteiger partial charge in [0, 0.05) is 49.9 Å². The number of aryl methyl sites for hydroxylation is 2. The Kier molecular flexibility index (Phi) is 11.5. The molecule has 13 nitrogen and oxygen atoms in total. The third-order valence-corrected chi connectivity index (χ3v) is 11.2. The van der Waals surface area contributed by atoms with Gasteiger partial charge in [-0.15, -0.1) is 0 Å². The van der Waals surface area contributed by atoms with E-state index in [9.17, 15) is 15.0 Å². The molecule has 6 aromatic rings. The van der Waals surface area contributed by atoms with E-state index >= 15 is 0 Å². The number of nitrogens with one attached hydrogen (secondary N) is 1. The standard InChI is InChI=1S/C25H28N4O4.C20H22N4O/c1-16-6-7-19-21(12-16)27-23(20-4-2-3-5-22(20)30)28-24(19)29-10-8-17(14-29)13-26-25(31)33-18-9-11-32-15-18;1-13-6-7-15-17(10-13)22-19(16-4-2-3-5-18(16)25)23-20(15)24-9-8-14(11-21)12-24/h2-7,12,17-18,30H,8-11,13-15H2,1H3,(H,26,31);2-7,10,14,25H,8-9,11-12,21H2,1H3/t17-,18+;14-/m11/s1. The van der Waals surface area contributed by atoms with Crippen LogP contribution in [0.3, 0.4) is 0 Å². The topological polar surface area (TPSA) is 172 Å². The van der Waals surface area contributed by atoms with E-state index in [0.29, 0.717) is 60.9 Å². The lowest BCUT2D eigenvalue weighted by Crippen LogP contribution is -2.34. The summed E-state index contributed by atoms with van der Waals surface area (Å²) >= 11 is 0. The minimum absolute atomic E-state index is 0.145. The SMILES string of the molecule is Cc1ccc2c(N3CC[C@H](CN)C3)nc(-c3ccccc3O)nc2c1.Cc1ccc2c(N3CC[C@H](CNC(=O)O[C@H]4CCOC4)C3)nc(-c3ccccc3O)nc2c1. The number of anilines is 2. The van der Waals surface area contributed by atoms with Crippen LogP contribution >= 0.6 is 0 Å². The Hall–Kier alpha value is -6.05. The van der Waals surface area contributed by atoms with E-state index in [1.165, 1.54) is 0 Å². The van der Waals surface area contributed by atoms with Crippen molar-refractivity contribution < 1.29 is 24.5 Å². The highest BCUT2D eigenvalue weighted by Gasteiger charge is 2.28. The van der Waals surface area contributed by atoms with Crippen LogP contribution in [0.25, 0.3) is 44.6 Å². The first-order valence-corrected chi connectivity index (χ1v) is 20.1. The fourth-order valence-corrected chi connectivity index (χ4v) is 7.93. The molecular formula is C45H50N8O5. The molecule has 3 saturated heterocycles. The fraction of sp³-hybridized carbons (Fsp3) is 0.356. The molecule has 0 bridgehead atoms. The number of para-hydroxylation sites is 2. The third kappa shape index (κ3) is 8.60. The molecule has 1 amide bonds. The summed E-state index contributed by atoms with van der Waals surface area (Å²) in [5, 5.41) is 25.5. The molecule has 2 aromatic heterocycles. The summed E-state index contributed by atoms with van der Waals surface area (Å²) in [5.74, 6) is 4.00. The van der Waals surface area contributed by atoms with E-state index in [2.05, 4.69) is 52.4 Å². The third-order valence-electron chi connectivity index (χ3n) is 11.2. The van der Waals surface area contributed by atoms with Crippen molar-refractivity contribution in [2.75, 3.05) is 62.3 Å². The maximum atomic E-state index is 12.1. The summed E-state index contributed by atoms with van der Waals surface area (Å²) < 4.78 is 10.6. The second-order valence-corrected chi connectivity index (χ2v) is 15.5. The van der Waals surface area contributed by atoms with Crippen molar-refractivity contribution in [3.05, 3.63) is 96.1 Å². The molecule has 0 radical (unpaired) electrons. The number of carbonyl (C=O) groups is 1. The van der Waals surface area contributed by atoms with Crippen LogP contribution in [0.1, 0.15) is 30.4 Å². The molecule has 0 aliphatic carbocycles. The highest BCUT2D eigenvalue weighted by atomic mass is 16.6. The van der Waals surface area contributed by atoms with E-state index in [-0.39, 0.29) is 23.7 Å². The Balaban J connectivity index is 0.000000168. The lowest BCUT2D eigenvalue weighted by molar-refractivity contribution is 0.0825. The smallest absolute Gasteiger partial charge is 0.407 e. The van der Waals surface area contributed by atoms with E-state index in [1.807, 2.05) is 37.3 Å². The summed E-state index contributed by atoms with van der Waals surface area (Å²) in [6.07, 6.45) is 2.25. The molecular weight excluding hydrogens is 733 g/mol. The van der Waals surface area contributed by atoms with Gasteiger partial charge in [-0.3, -0.25) is 0 Å². The lowest BCUT2D eigenvalue weighted by atomic mass is 10.1. The number of alkyl carbamates (subject to hydrolysis) is 1. The molecule has 0 unspecified atom stereocenters. The number of hydrogen-bond acceptors (Lipinski definition) is 12. The van der Waals surface area contributed by atoms with Crippen LogP contribution in [-0.4, -0.2) is 94.8 Å². The molecule has 13 heteroatoms. The second kappa shape index (κ2) is 17.2. The van der Waals surface area contributed by atoms with Gasteiger partial charge in [-0.25, -0.2) is 24.7 Å². The monoisotopic (exact) mass is 782 g/mol. The van der Waals surface area contributed by atoms with E-state index < -0.39 is 0 Å². The van der Waals surface area contributed by atoms with Gasteiger partial charge in [-0.05, 0) is 105 Å². The van der Waals surface area contributed by atoms with Crippen molar-refractivity contribution in [2.45, 2.75) is 39.2 Å². The van der Waals surface area contributed by atoms with Gasteiger partial charge in [0.25, 0.3) is 0 Å². The highest BCUT2D eigenvalue weighted by Crippen LogP contribution is 2.35. The molecule has 3 aliphatic rings. The van der Waals surface area contributed by atoms with Crippen LogP contribution in [0.5, 0.6) is 11.5 Å². The number of aromatic hydroxyl groups is 2. The van der Waals surface area contributed by atoms with Gasteiger partial charge in [0.2, 0.25) is 0 Å². The summed E-state index contributed by atoms with van der Waals surface area (Å²) in [4.78, 5) is 35.8. The number of aromatic nitrogens is 4. The van der Waals surface area contributed by atoms with Crippen LogP contribution in [0.15, 0.2) is 84.9 Å². The maximum Gasteiger partial charge on any atom is 0.407 e. The first-order valence-electron chi connectivity index (χ1n) is 20.1. The molecule has 3 atom stereocenters. The largest absolute Gasteiger partial charge is 0.507 e. The predicted octanol–water partition coefficient (Wildman–Crippen LogP) is 6.75. The molecule has 3 fully saturated rings. The zero-order valence-electron chi connectivity index (χ0n) is 33.0. The van der Waals surface area contributed by atoms with Crippen LogP contribution < -0.4 is 20.9 Å². The summed E-state index contributed by atoms with van der Waals surface area (Å²) in [7, 11) is 0. The van der Waals surface area contributed by atoms with Crippen LogP contribution in [0.2, 0.25) is 0 Å². The Labute approximate surface area is 337 Å². The minimum atomic E-state index is -0.381. The van der Waals surface area contributed by atoms with Gasteiger partial charge in [0.05, 0.1) is 35.4 Å². The minimum Gasteiger partial charge on any atom is -0.507 e. The molecule has 5 N–H and O–H groups in total. The highest BCUT2D eigenvalue weighted by molar-refractivity contribution is 5.93. The predicted molar refractivity (Wildman–Crippen MR) is 226 cm³/mol. The number of ether oxygens (including phenoxy) is 2. The Morgan fingerprint density at radius 1 is 0.759 bits per heavy atom. The van der Waals surface area contributed by atoms with Crippen molar-refractivity contribution in [1.82, 2.24) is 25.3 Å². The van der Waals surface area contributed by atoms with Gasteiger partial charge in [0.1, 0.15) is 29.2 Å². The number of nitrogens with two attached hydrogens (primary N) is 1. The number of amides is 1. The van der Waals surface area contributed by atoms with Crippen molar-refractivity contribution >= 4 is 39.5 Å². The number of phenols is 2. The van der Waals surface area contributed by atoms with Crippen molar-refractivity contribution in [3.8, 4) is 34.3 Å². The van der Waals surface area contributed by atoms with E-state index in [1.54, 1.807) is 24.3 Å². The number of carbonyl (C=O) groups excluding carboxylic acids is 1. The summed E-state index contributed by atoms with van der Waals surface area (Å²) in [6, 6.07) is 26.7. The second-order valence-electron chi connectivity index (χ2n) is 15.5. The van der Waals surface area contributed by atoms with Crippen LogP contribution in [0.4, 0.5) is 16.4 Å². The first kappa shape index (κ1) is 38.8. The van der Waals surface area contributed by atoms with Crippen LogP contribution in [0, 0.1) is 25.7 Å². The molecule has 58 heavy (non-hydrogen) atoms. The van der Waals surface area contributed by atoms with E-state index in [4.69, 9.17) is 35.1 Å². The number of benzene rings is 4. The van der Waals surface area contributed by atoms with Crippen molar-refractivity contribution in [3.63, 3.8) is 0 Å². The van der Waals surface area contributed by atoms with Crippen molar-refractivity contribution in [1.29, 1.82) is 0 Å². The molecule has 4 aromatic carbocycles. The molecule has 9 rings (SSSR count). The molecule has 0 spiro atoms. The average Bonchev–Trinajstić information content (AvgIpc) is 4.03. The van der Waals surface area contributed by atoms with Gasteiger partial charge in [0.15, 0.2) is 11.6 Å². The Morgan fingerprint density at radius 3 is 1.79 bits per heavy atom. The molecule has 3 aliphatic heterocycles. The first-order chi connectivity index (χ1) is 28.2. The molecule has 5 heterocycles. The zero-order chi connectivity index (χ0) is 40.2. The number of hydrogen-bond donors (Lipinski definition) is 4. The number of phenolic OH excluding ortho intramolecular Hbond substituents is 2.